The number of thiazole rings is 1. The first-order valence-corrected chi connectivity index (χ1v) is 7.97. The molecule has 0 aliphatic carbocycles. The van der Waals surface area contributed by atoms with Crippen LogP contribution in [0.3, 0.4) is 0 Å². The zero-order valence-electron chi connectivity index (χ0n) is 11.4. The minimum Gasteiger partial charge on any atom is -0.382 e. The van der Waals surface area contributed by atoms with Gasteiger partial charge in [0.15, 0.2) is 5.13 Å². The molecule has 0 spiro atoms. The normalized spacial score (nSPS) is 22.4. The monoisotopic (exact) mass is 296 g/mol. The second kappa shape index (κ2) is 5.97. The second-order valence-electron chi connectivity index (χ2n) is 5.25. The van der Waals surface area contributed by atoms with Crippen LogP contribution in [0.25, 0.3) is 0 Å². The van der Waals surface area contributed by atoms with Gasteiger partial charge < -0.3 is 20.7 Å². The van der Waals surface area contributed by atoms with Gasteiger partial charge in [-0.1, -0.05) is 11.3 Å². The van der Waals surface area contributed by atoms with E-state index >= 15 is 0 Å². The Kier molecular flexibility index (Phi) is 4.07. The maximum Gasteiger partial charge on any atom is 0.265 e. The molecule has 2 fully saturated rings. The van der Waals surface area contributed by atoms with Gasteiger partial charge in [0.1, 0.15) is 10.7 Å². The number of carbonyl (C=O) groups excluding carboxylic acids is 1. The number of aromatic nitrogens is 1. The highest BCUT2D eigenvalue weighted by Gasteiger charge is 2.23. The number of ether oxygens (including phenoxy) is 1. The molecule has 1 aromatic heterocycles. The standard InChI is InChI=1S/C13H20N4O2S/c14-11-10(12(18)15-8-9-4-3-7-19-9)20-13(16-11)17-5-1-2-6-17/h9H,1-8,14H2,(H,15,18). The number of hydrogen-bond acceptors (Lipinski definition) is 6. The van der Waals surface area contributed by atoms with Crippen LogP contribution in [0.5, 0.6) is 0 Å². The lowest BCUT2D eigenvalue weighted by molar-refractivity contribution is 0.0861. The highest BCUT2D eigenvalue weighted by Crippen LogP contribution is 2.30. The predicted molar refractivity (Wildman–Crippen MR) is 79.3 cm³/mol. The van der Waals surface area contributed by atoms with E-state index in [2.05, 4.69) is 15.2 Å². The number of carbonyl (C=O) groups is 1. The van der Waals surface area contributed by atoms with Gasteiger partial charge in [0.25, 0.3) is 5.91 Å². The maximum atomic E-state index is 12.2. The van der Waals surface area contributed by atoms with Crippen LogP contribution in [0.4, 0.5) is 10.9 Å². The van der Waals surface area contributed by atoms with E-state index in [-0.39, 0.29) is 12.0 Å². The number of nitrogens with one attached hydrogen (secondary N) is 1. The molecule has 2 aliphatic rings. The molecule has 20 heavy (non-hydrogen) atoms. The van der Waals surface area contributed by atoms with Gasteiger partial charge in [0.2, 0.25) is 0 Å². The average molecular weight is 296 g/mol. The summed E-state index contributed by atoms with van der Waals surface area (Å²) in [5.74, 6) is 0.197. The van der Waals surface area contributed by atoms with Gasteiger partial charge in [-0.2, -0.15) is 0 Å². The largest absolute Gasteiger partial charge is 0.382 e. The van der Waals surface area contributed by atoms with Crippen molar-refractivity contribution in [3.8, 4) is 0 Å². The summed E-state index contributed by atoms with van der Waals surface area (Å²) in [6, 6.07) is 0. The molecule has 3 heterocycles. The highest BCUT2D eigenvalue weighted by atomic mass is 32.1. The molecule has 3 rings (SSSR count). The van der Waals surface area contributed by atoms with E-state index in [9.17, 15) is 4.79 Å². The molecule has 0 radical (unpaired) electrons. The Hall–Kier alpha value is -1.34. The van der Waals surface area contributed by atoms with Crippen molar-refractivity contribution in [3.05, 3.63) is 4.88 Å². The summed E-state index contributed by atoms with van der Waals surface area (Å²) >= 11 is 1.38. The van der Waals surface area contributed by atoms with E-state index in [1.807, 2.05) is 0 Å². The predicted octanol–water partition coefficient (Wildman–Crippen LogP) is 1.23. The number of nitrogens with two attached hydrogens (primary N) is 1. The van der Waals surface area contributed by atoms with Crippen LogP contribution in [0.1, 0.15) is 35.4 Å². The van der Waals surface area contributed by atoms with E-state index in [0.717, 1.165) is 37.7 Å². The van der Waals surface area contributed by atoms with Gasteiger partial charge in [-0.15, -0.1) is 0 Å². The Morgan fingerprint density at radius 3 is 2.95 bits per heavy atom. The molecule has 0 saturated carbocycles. The van der Waals surface area contributed by atoms with Crippen molar-refractivity contribution in [2.75, 3.05) is 36.9 Å². The molecule has 1 atom stereocenters. The van der Waals surface area contributed by atoms with E-state index < -0.39 is 0 Å². The van der Waals surface area contributed by atoms with Crippen LogP contribution in [-0.4, -0.2) is 43.2 Å². The summed E-state index contributed by atoms with van der Waals surface area (Å²) < 4.78 is 5.49. The van der Waals surface area contributed by atoms with Crippen molar-refractivity contribution in [2.24, 2.45) is 0 Å². The van der Waals surface area contributed by atoms with Crippen molar-refractivity contribution in [1.82, 2.24) is 10.3 Å². The van der Waals surface area contributed by atoms with Crippen LogP contribution in [0.15, 0.2) is 0 Å². The lowest BCUT2D eigenvalue weighted by atomic mass is 10.2. The van der Waals surface area contributed by atoms with Crippen molar-refractivity contribution in [2.45, 2.75) is 31.8 Å². The molecule has 110 valence electrons. The first-order chi connectivity index (χ1) is 9.74. The molecule has 1 unspecified atom stereocenters. The van der Waals surface area contributed by atoms with E-state index in [1.165, 1.54) is 24.2 Å². The molecule has 0 aromatic carbocycles. The zero-order valence-corrected chi connectivity index (χ0v) is 12.2. The van der Waals surface area contributed by atoms with Crippen molar-refractivity contribution in [1.29, 1.82) is 0 Å². The average Bonchev–Trinajstić information content (AvgIpc) is 3.17. The zero-order chi connectivity index (χ0) is 13.9. The van der Waals surface area contributed by atoms with Gasteiger partial charge in [0.05, 0.1) is 6.10 Å². The van der Waals surface area contributed by atoms with Gasteiger partial charge in [-0.3, -0.25) is 4.79 Å². The third kappa shape index (κ3) is 2.88. The van der Waals surface area contributed by atoms with Gasteiger partial charge in [0, 0.05) is 26.2 Å². The van der Waals surface area contributed by atoms with Crippen LogP contribution >= 0.6 is 11.3 Å². The first-order valence-electron chi connectivity index (χ1n) is 7.15. The minimum atomic E-state index is -0.138. The number of nitrogen functional groups attached to an aromatic ring is 1. The third-order valence-electron chi connectivity index (χ3n) is 3.74. The van der Waals surface area contributed by atoms with Gasteiger partial charge in [-0.05, 0) is 25.7 Å². The SMILES string of the molecule is Nc1nc(N2CCCC2)sc1C(=O)NCC1CCCO1. The summed E-state index contributed by atoms with van der Waals surface area (Å²) in [5.41, 5.74) is 5.87. The van der Waals surface area contributed by atoms with E-state index in [1.54, 1.807) is 0 Å². The molecular weight excluding hydrogens is 276 g/mol. The fraction of sp³-hybridized carbons (Fsp3) is 0.692. The maximum absolute atomic E-state index is 12.2. The van der Waals surface area contributed by atoms with Gasteiger partial charge >= 0.3 is 0 Å². The summed E-state index contributed by atoms with van der Waals surface area (Å²) in [6.45, 7) is 3.35. The smallest absolute Gasteiger partial charge is 0.265 e. The first kappa shape index (κ1) is 13.6. The fourth-order valence-electron chi connectivity index (χ4n) is 2.62. The summed E-state index contributed by atoms with van der Waals surface area (Å²) in [7, 11) is 0. The lowest BCUT2D eigenvalue weighted by Gasteiger charge is -2.12. The number of rotatable bonds is 4. The number of anilines is 2. The van der Waals surface area contributed by atoms with E-state index in [4.69, 9.17) is 10.5 Å². The molecule has 0 bridgehead atoms. The Morgan fingerprint density at radius 1 is 1.45 bits per heavy atom. The highest BCUT2D eigenvalue weighted by molar-refractivity contribution is 7.18. The Bertz CT molecular complexity index is 479. The topological polar surface area (TPSA) is 80.5 Å². The molecule has 2 saturated heterocycles. The molecule has 2 aliphatic heterocycles. The van der Waals surface area contributed by atoms with Gasteiger partial charge in [-0.25, -0.2) is 4.98 Å². The van der Waals surface area contributed by atoms with Crippen molar-refractivity contribution in [3.63, 3.8) is 0 Å². The molecule has 1 amide bonds. The summed E-state index contributed by atoms with van der Waals surface area (Å²) in [6.07, 6.45) is 4.59. The molecular formula is C13H20N4O2S. The third-order valence-corrected chi connectivity index (χ3v) is 4.87. The van der Waals surface area contributed by atoms with Crippen LogP contribution in [-0.2, 0) is 4.74 Å². The minimum absolute atomic E-state index is 0.138. The van der Waals surface area contributed by atoms with Crippen LogP contribution in [0.2, 0.25) is 0 Å². The molecule has 3 N–H and O–H groups in total. The quantitative estimate of drug-likeness (QED) is 0.873. The number of amides is 1. The molecule has 7 heteroatoms. The summed E-state index contributed by atoms with van der Waals surface area (Å²) in [5, 5.41) is 3.76. The second-order valence-corrected chi connectivity index (χ2v) is 6.23. The molecule has 6 nitrogen and oxygen atoms in total. The van der Waals surface area contributed by atoms with E-state index in [0.29, 0.717) is 17.2 Å². The summed E-state index contributed by atoms with van der Waals surface area (Å²) in [4.78, 5) is 19.2. The number of nitrogens with zero attached hydrogens (tertiary/aromatic N) is 2. The van der Waals surface area contributed by atoms with Crippen molar-refractivity contribution >= 4 is 28.2 Å². The Labute approximate surface area is 122 Å². The Balaban J connectivity index is 1.61. The lowest BCUT2D eigenvalue weighted by Crippen LogP contribution is -2.31. The van der Waals surface area contributed by atoms with Crippen LogP contribution < -0.4 is 16.0 Å². The van der Waals surface area contributed by atoms with Crippen LogP contribution in [0, 0.1) is 0 Å². The Morgan fingerprint density at radius 2 is 2.25 bits per heavy atom. The van der Waals surface area contributed by atoms with Crippen molar-refractivity contribution < 1.29 is 9.53 Å². The number of hydrogen-bond donors (Lipinski definition) is 2. The fourth-order valence-corrected chi connectivity index (χ4v) is 3.57. The molecule has 1 aromatic rings.